The Bertz CT molecular complexity index is 1300. The van der Waals surface area contributed by atoms with E-state index in [2.05, 4.69) is 4.74 Å². The Morgan fingerprint density at radius 2 is 1.39 bits per heavy atom. The second kappa shape index (κ2) is 14.6. The van der Waals surface area contributed by atoms with Gasteiger partial charge in [-0.05, 0) is 73.7 Å². The zero-order valence-corrected chi connectivity index (χ0v) is 22.6. The maximum Gasteiger partial charge on any atom is 0.506 e. The highest BCUT2D eigenvalue weighted by Crippen LogP contribution is 2.26. The minimum Gasteiger partial charge on any atom is -0.494 e. The number of aryl methyl sites for hydroxylation is 1. The smallest absolute Gasteiger partial charge is 0.494 e. The van der Waals surface area contributed by atoms with Crippen LogP contribution in [0.4, 0.5) is 4.79 Å². The summed E-state index contributed by atoms with van der Waals surface area (Å²) in [6.07, 6.45) is 1.21. The summed E-state index contributed by atoms with van der Waals surface area (Å²) in [7, 11) is 0. The van der Waals surface area contributed by atoms with Gasteiger partial charge in [-0.25, -0.2) is 9.59 Å². The Morgan fingerprint density at radius 3 is 2.02 bits per heavy atom. The van der Waals surface area contributed by atoms with E-state index in [1.54, 1.807) is 0 Å². The number of nitrogens with zero attached hydrogens (tertiary/aromatic N) is 1. The molecule has 216 valence electrons. The van der Waals surface area contributed by atoms with Crippen LogP contribution in [-0.2, 0) is 11.2 Å². The second-order valence-electron chi connectivity index (χ2n) is 9.55. The molecule has 1 aliphatic heterocycles. The van der Waals surface area contributed by atoms with Crippen molar-refractivity contribution in [3.8, 4) is 17.2 Å². The molecule has 0 unspecified atom stereocenters. The van der Waals surface area contributed by atoms with E-state index in [-0.39, 0.29) is 30.0 Å². The predicted molar refractivity (Wildman–Crippen MR) is 149 cm³/mol. The van der Waals surface area contributed by atoms with Gasteiger partial charge in [0, 0.05) is 0 Å². The van der Waals surface area contributed by atoms with E-state index >= 15 is 0 Å². The third-order valence-corrected chi connectivity index (χ3v) is 6.47. The summed E-state index contributed by atoms with van der Waals surface area (Å²) in [5, 5.41) is 18.1. The van der Waals surface area contributed by atoms with Crippen molar-refractivity contribution in [3.05, 3.63) is 89.5 Å². The van der Waals surface area contributed by atoms with Crippen molar-refractivity contribution in [3.63, 3.8) is 0 Å². The number of hydrogen-bond donors (Lipinski definition) is 2. The first-order valence-electron chi connectivity index (χ1n) is 13.5. The van der Waals surface area contributed by atoms with Gasteiger partial charge in [0.15, 0.2) is 0 Å². The third-order valence-electron chi connectivity index (χ3n) is 6.47. The fraction of sp³-hybridized carbons (Fsp3) is 0.323. The van der Waals surface area contributed by atoms with Gasteiger partial charge in [0.05, 0.1) is 44.0 Å². The maximum absolute atomic E-state index is 13.0. The number of rotatable bonds is 15. The van der Waals surface area contributed by atoms with Gasteiger partial charge in [0.2, 0.25) is 0 Å². The minimum atomic E-state index is -1.40. The fourth-order valence-electron chi connectivity index (χ4n) is 4.26. The van der Waals surface area contributed by atoms with Gasteiger partial charge in [-0.1, -0.05) is 30.3 Å². The van der Waals surface area contributed by atoms with E-state index in [1.807, 2.05) is 54.6 Å². The van der Waals surface area contributed by atoms with Gasteiger partial charge in [0.1, 0.15) is 23.4 Å². The lowest BCUT2D eigenvalue weighted by molar-refractivity contribution is -0.0245. The molecular weight excluding hydrogens is 530 g/mol. The van der Waals surface area contributed by atoms with Crippen molar-refractivity contribution < 1.29 is 43.5 Å². The summed E-state index contributed by atoms with van der Waals surface area (Å²) in [6.45, 7) is 1.78. The van der Waals surface area contributed by atoms with Crippen molar-refractivity contribution >= 4 is 18.0 Å². The lowest BCUT2D eigenvalue weighted by atomic mass is 10.0. The van der Waals surface area contributed by atoms with Gasteiger partial charge >= 0.3 is 12.1 Å². The Balaban J connectivity index is 1.18. The summed E-state index contributed by atoms with van der Waals surface area (Å²) in [4.78, 5) is 36.5. The summed E-state index contributed by atoms with van der Waals surface area (Å²) < 4.78 is 22.0. The fourth-order valence-corrected chi connectivity index (χ4v) is 4.26. The van der Waals surface area contributed by atoms with Crippen molar-refractivity contribution in [1.29, 1.82) is 0 Å². The number of para-hydroxylation sites is 1. The molecule has 4 rings (SSSR count). The highest BCUT2D eigenvalue weighted by atomic mass is 16.7. The molecule has 0 bridgehead atoms. The Morgan fingerprint density at radius 1 is 0.756 bits per heavy atom. The number of carbonyl (C=O) groups excluding carboxylic acids is 1. The predicted octanol–water partition coefficient (Wildman–Crippen LogP) is 5.15. The molecule has 3 aromatic carbocycles. The number of benzene rings is 3. The Kier molecular flexibility index (Phi) is 10.4. The highest BCUT2D eigenvalue weighted by molar-refractivity contribution is 6.00. The van der Waals surface area contributed by atoms with Crippen LogP contribution in [0.1, 0.15) is 45.5 Å². The first-order valence-corrected chi connectivity index (χ1v) is 13.5. The van der Waals surface area contributed by atoms with Crippen molar-refractivity contribution in [2.24, 2.45) is 0 Å². The molecular formula is C31H33NO9. The van der Waals surface area contributed by atoms with E-state index in [1.165, 1.54) is 23.1 Å². The summed E-state index contributed by atoms with van der Waals surface area (Å²) in [5.41, 5.74) is 1.19. The molecule has 3 aromatic rings. The summed E-state index contributed by atoms with van der Waals surface area (Å²) in [6, 6.07) is 21.7. The monoisotopic (exact) mass is 563 g/mol. The molecule has 2 N–H and O–H groups in total. The number of ether oxygens (including phenoxy) is 4. The van der Waals surface area contributed by atoms with E-state index in [0.29, 0.717) is 26.2 Å². The number of likely N-dealkylation sites (tertiary alicyclic amines) is 1. The Labute approximate surface area is 238 Å². The van der Waals surface area contributed by atoms with Gasteiger partial charge in [0.25, 0.3) is 5.91 Å². The molecule has 0 saturated carbocycles. The molecule has 0 spiro atoms. The van der Waals surface area contributed by atoms with Crippen LogP contribution < -0.4 is 14.2 Å². The number of carbonyl (C=O) groups is 3. The average molecular weight is 564 g/mol. The van der Waals surface area contributed by atoms with Crippen LogP contribution in [0.5, 0.6) is 17.2 Å². The molecule has 41 heavy (non-hydrogen) atoms. The van der Waals surface area contributed by atoms with Crippen LogP contribution in [0.15, 0.2) is 72.8 Å². The number of hydrogen-bond acceptors (Lipinski definition) is 7. The minimum absolute atomic E-state index is 0.0395. The molecule has 10 heteroatoms. The molecule has 0 aromatic heterocycles. The average Bonchev–Trinajstić information content (AvgIpc) is 2.95. The van der Waals surface area contributed by atoms with Crippen LogP contribution in [0.25, 0.3) is 0 Å². The van der Waals surface area contributed by atoms with Gasteiger partial charge in [-0.15, -0.1) is 0 Å². The normalized spacial score (nSPS) is 12.7. The van der Waals surface area contributed by atoms with E-state index in [9.17, 15) is 19.5 Å². The van der Waals surface area contributed by atoms with Gasteiger partial charge < -0.3 is 34.1 Å². The second-order valence-corrected chi connectivity index (χ2v) is 9.55. The molecule has 10 nitrogen and oxygen atoms in total. The van der Waals surface area contributed by atoms with Gasteiger partial charge in [-0.2, -0.15) is 0 Å². The lowest BCUT2D eigenvalue weighted by Gasteiger charge is -2.37. The van der Waals surface area contributed by atoms with Crippen LogP contribution in [0.2, 0.25) is 0 Å². The number of carboxylic acid groups (broad SMARTS) is 2. The maximum atomic E-state index is 13.0. The summed E-state index contributed by atoms with van der Waals surface area (Å²) >= 11 is 0. The lowest BCUT2D eigenvalue weighted by Crippen LogP contribution is -2.55. The van der Waals surface area contributed by atoms with E-state index < -0.39 is 24.1 Å². The molecule has 0 radical (unpaired) electrons. The standard InChI is InChI=1S/C31H33NO9/c33-29(32-20-26(21-32)41-31(36)37)27-19-23(30(34)35)12-15-28(27)40-18-6-7-22-10-13-25(14-11-22)39-17-5-4-16-38-24-8-2-1-3-9-24/h1-3,8-15,19,26H,4-7,16-18,20-21H2,(H,34,35)(H,36,37). The topological polar surface area (TPSA) is 132 Å². The first-order chi connectivity index (χ1) is 19.9. The van der Waals surface area contributed by atoms with Crippen LogP contribution >= 0.6 is 0 Å². The van der Waals surface area contributed by atoms with Crippen LogP contribution in [0, 0.1) is 0 Å². The summed E-state index contributed by atoms with van der Waals surface area (Å²) in [5.74, 6) is 0.353. The number of amides is 1. The number of unbranched alkanes of at least 4 members (excludes halogenated alkanes) is 1. The molecule has 1 fully saturated rings. The zero-order chi connectivity index (χ0) is 29.0. The molecule has 0 atom stereocenters. The zero-order valence-electron chi connectivity index (χ0n) is 22.6. The number of carboxylic acids is 1. The van der Waals surface area contributed by atoms with E-state index in [4.69, 9.17) is 19.3 Å². The quantitative estimate of drug-likeness (QED) is 0.190. The largest absolute Gasteiger partial charge is 0.506 e. The molecule has 1 heterocycles. The third kappa shape index (κ3) is 8.89. The van der Waals surface area contributed by atoms with Crippen molar-refractivity contribution in [1.82, 2.24) is 4.90 Å². The highest BCUT2D eigenvalue weighted by Gasteiger charge is 2.35. The molecule has 1 amide bonds. The number of aromatic carboxylic acids is 1. The molecule has 1 saturated heterocycles. The van der Waals surface area contributed by atoms with Crippen molar-refractivity contribution in [2.45, 2.75) is 31.8 Å². The van der Waals surface area contributed by atoms with Crippen molar-refractivity contribution in [2.75, 3.05) is 32.9 Å². The van der Waals surface area contributed by atoms with Crippen LogP contribution in [-0.4, -0.2) is 72.2 Å². The van der Waals surface area contributed by atoms with Gasteiger partial charge in [-0.3, -0.25) is 4.79 Å². The van der Waals surface area contributed by atoms with E-state index in [0.717, 1.165) is 36.3 Å². The SMILES string of the molecule is O=C(O)OC1CN(C(=O)c2cc(C(=O)O)ccc2OCCCc2ccc(OCCCCOc3ccccc3)cc2)C1. The molecule has 0 aliphatic carbocycles. The Hall–Kier alpha value is -4.73. The molecule has 1 aliphatic rings. The first kappa shape index (κ1) is 29.3. The van der Waals surface area contributed by atoms with Crippen LogP contribution in [0.3, 0.4) is 0 Å².